The summed E-state index contributed by atoms with van der Waals surface area (Å²) in [7, 11) is -2.36. The standard InChI is InChI=1S/C21H18F3N3O2S/c1-25-12-14-10-20(16-2-7-19-15(11-16)8-9-26-19)27(13-14)30(28,29)18-5-3-17(4-6-18)21(22,23)24/h2-11,13,25-26H,12H2,1H3. The summed E-state index contributed by atoms with van der Waals surface area (Å²) in [5, 5.41) is 3.90. The number of nitrogens with zero attached hydrogens (tertiary/aromatic N) is 1. The van der Waals surface area contributed by atoms with E-state index in [1.807, 2.05) is 18.2 Å². The molecule has 2 aromatic carbocycles. The van der Waals surface area contributed by atoms with Crippen LogP contribution >= 0.6 is 0 Å². The lowest BCUT2D eigenvalue weighted by Gasteiger charge is -2.12. The van der Waals surface area contributed by atoms with Crippen LogP contribution in [0.25, 0.3) is 22.2 Å². The maximum Gasteiger partial charge on any atom is 0.416 e. The van der Waals surface area contributed by atoms with Crippen LogP contribution in [0.2, 0.25) is 0 Å². The van der Waals surface area contributed by atoms with Crippen LogP contribution in [0.4, 0.5) is 13.2 Å². The Hall–Kier alpha value is -3.04. The summed E-state index contributed by atoms with van der Waals surface area (Å²) in [4.78, 5) is 2.87. The normalized spacial score (nSPS) is 12.5. The average molecular weight is 433 g/mol. The van der Waals surface area contributed by atoms with Gasteiger partial charge in [-0.1, -0.05) is 6.07 Å². The second-order valence-corrected chi connectivity index (χ2v) is 8.68. The van der Waals surface area contributed by atoms with E-state index in [0.29, 0.717) is 17.8 Å². The molecule has 2 N–H and O–H groups in total. The first-order valence-electron chi connectivity index (χ1n) is 9.06. The first kappa shape index (κ1) is 20.2. The van der Waals surface area contributed by atoms with E-state index in [9.17, 15) is 21.6 Å². The molecule has 0 aliphatic rings. The number of aromatic amines is 1. The van der Waals surface area contributed by atoms with Crippen LogP contribution in [0.1, 0.15) is 11.1 Å². The van der Waals surface area contributed by atoms with Gasteiger partial charge in [-0.3, -0.25) is 0 Å². The number of rotatable bonds is 5. The molecule has 2 aromatic heterocycles. The summed E-state index contributed by atoms with van der Waals surface area (Å²) in [6.45, 7) is 0.439. The fourth-order valence-electron chi connectivity index (χ4n) is 3.35. The fourth-order valence-corrected chi connectivity index (χ4v) is 4.75. The highest BCUT2D eigenvalue weighted by molar-refractivity contribution is 7.90. The summed E-state index contributed by atoms with van der Waals surface area (Å²) in [5.41, 5.74) is 1.86. The minimum absolute atomic E-state index is 0.217. The van der Waals surface area contributed by atoms with Gasteiger partial charge in [0.2, 0.25) is 0 Å². The first-order chi connectivity index (χ1) is 14.2. The van der Waals surface area contributed by atoms with Gasteiger partial charge in [-0.25, -0.2) is 12.4 Å². The van der Waals surface area contributed by atoms with Crippen molar-refractivity contribution in [3.05, 3.63) is 78.1 Å². The minimum Gasteiger partial charge on any atom is -0.361 e. The Morgan fingerprint density at radius 2 is 1.77 bits per heavy atom. The predicted octanol–water partition coefficient (Wildman–Crippen LogP) is 4.61. The monoisotopic (exact) mass is 433 g/mol. The minimum atomic E-state index is -4.53. The van der Waals surface area contributed by atoms with Crippen LogP contribution in [0.3, 0.4) is 0 Å². The zero-order valence-corrected chi connectivity index (χ0v) is 16.7. The maximum atomic E-state index is 13.3. The zero-order valence-electron chi connectivity index (χ0n) is 15.9. The lowest BCUT2D eigenvalue weighted by molar-refractivity contribution is -0.137. The molecule has 4 rings (SSSR count). The van der Waals surface area contributed by atoms with Gasteiger partial charge in [-0.2, -0.15) is 13.2 Å². The highest BCUT2D eigenvalue weighted by Gasteiger charge is 2.31. The third-order valence-corrected chi connectivity index (χ3v) is 6.50. The van der Waals surface area contributed by atoms with Gasteiger partial charge in [0.25, 0.3) is 10.0 Å². The van der Waals surface area contributed by atoms with E-state index in [1.165, 1.54) is 6.20 Å². The van der Waals surface area contributed by atoms with Gasteiger partial charge in [-0.05, 0) is 66.7 Å². The number of benzene rings is 2. The summed E-state index contributed by atoms with van der Waals surface area (Å²) in [5.74, 6) is 0. The van der Waals surface area contributed by atoms with Crippen LogP contribution in [-0.2, 0) is 22.7 Å². The molecule has 2 heterocycles. The number of hydrogen-bond acceptors (Lipinski definition) is 3. The van der Waals surface area contributed by atoms with Crippen molar-refractivity contribution in [2.45, 2.75) is 17.6 Å². The number of H-pyrrole nitrogens is 1. The van der Waals surface area contributed by atoms with Gasteiger partial charge in [0.15, 0.2) is 0 Å². The molecule has 4 aromatic rings. The molecule has 0 aliphatic carbocycles. The molecule has 0 unspecified atom stereocenters. The number of nitrogens with one attached hydrogen (secondary N) is 2. The molecule has 5 nitrogen and oxygen atoms in total. The molecule has 0 saturated carbocycles. The number of halogens is 3. The summed E-state index contributed by atoms with van der Waals surface area (Å²) >= 11 is 0. The molecule has 0 atom stereocenters. The van der Waals surface area contributed by atoms with Crippen molar-refractivity contribution >= 4 is 20.9 Å². The quantitative estimate of drug-likeness (QED) is 0.483. The smallest absolute Gasteiger partial charge is 0.361 e. The predicted molar refractivity (Wildman–Crippen MR) is 109 cm³/mol. The molecule has 0 spiro atoms. The summed E-state index contributed by atoms with van der Waals surface area (Å²) in [6, 6.07) is 12.7. The fraction of sp³-hybridized carbons (Fsp3) is 0.143. The van der Waals surface area contributed by atoms with Gasteiger partial charge in [0.05, 0.1) is 16.2 Å². The van der Waals surface area contributed by atoms with E-state index in [2.05, 4.69) is 10.3 Å². The number of fused-ring (bicyclic) bond motifs is 1. The van der Waals surface area contributed by atoms with Crippen molar-refractivity contribution in [1.82, 2.24) is 14.3 Å². The van der Waals surface area contributed by atoms with Gasteiger partial charge >= 0.3 is 6.18 Å². The van der Waals surface area contributed by atoms with Gasteiger partial charge in [0, 0.05) is 29.8 Å². The van der Waals surface area contributed by atoms with Crippen molar-refractivity contribution < 1.29 is 21.6 Å². The average Bonchev–Trinajstić information content (AvgIpc) is 3.34. The topological polar surface area (TPSA) is 66.9 Å². The second-order valence-electron chi connectivity index (χ2n) is 6.87. The zero-order chi connectivity index (χ0) is 21.5. The number of aromatic nitrogens is 2. The molecule has 0 saturated heterocycles. The summed E-state index contributed by atoms with van der Waals surface area (Å²) in [6.07, 6.45) is -1.26. The molecule has 0 fully saturated rings. The molecule has 0 radical (unpaired) electrons. The van der Waals surface area contributed by atoms with Crippen LogP contribution in [-0.4, -0.2) is 24.4 Å². The van der Waals surface area contributed by atoms with Gasteiger partial charge < -0.3 is 10.3 Å². The summed E-state index contributed by atoms with van der Waals surface area (Å²) < 4.78 is 66.2. The molecule has 156 valence electrons. The van der Waals surface area contributed by atoms with Crippen LogP contribution in [0.5, 0.6) is 0 Å². The van der Waals surface area contributed by atoms with E-state index in [4.69, 9.17) is 0 Å². The number of hydrogen-bond donors (Lipinski definition) is 2. The van der Waals surface area contributed by atoms with Gasteiger partial charge in [-0.15, -0.1) is 0 Å². The molecule has 30 heavy (non-hydrogen) atoms. The maximum absolute atomic E-state index is 13.3. The van der Waals surface area contributed by atoms with Crippen LogP contribution < -0.4 is 5.32 Å². The Morgan fingerprint density at radius 1 is 1.03 bits per heavy atom. The third kappa shape index (κ3) is 3.61. The third-order valence-electron chi connectivity index (χ3n) is 4.81. The van der Waals surface area contributed by atoms with E-state index >= 15 is 0 Å². The van der Waals surface area contributed by atoms with Crippen molar-refractivity contribution in [2.75, 3.05) is 7.05 Å². The van der Waals surface area contributed by atoms with Crippen molar-refractivity contribution in [1.29, 1.82) is 0 Å². The Bertz CT molecular complexity index is 1300. The largest absolute Gasteiger partial charge is 0.416 e. The van der Waals surface area contributed by atoms with Crippen molar-refractivity contribution in [3.8, 4) is 11.3 Å². The Morgan fingerprint density at radius 3 is 2.43 bits per heavy atom. The molecule has 0 aliphatic heterocycles. The van der Waals surface area contributed by atoms with Gasteiger partial charge in [0.1, 0.15) is 0 Å². The molecule has 0 bridgehead atoms. The van der Waals surface area contributed by atoms with Crippen molar-refractivity contribution in [3.63, 3.8) is 0 Å². The van der Waals surface area contributed by atoms with E-state index < -0.39 is 21.8 Å². The Kier molecular flexibility index (Phi) is 4.95. The van der Waals surface area contributed by atoms with E-state index in [-0.39, 0.29) is 4.90 Å². The Balaban J connectivity index is 1.84. The SMILES string of the molecule is CNCc1cc(-c2ccc3[nH]ccc3c2)n(S(=O)(=O)c2ccc(C(F)(F)F)cc2)c1. The molecular formula is C21H18F3N3O2S. The van der Waals surface area contributed by atoms with E-state index in [0.717, 1.165) is 44.7 Å². The first-order valence-corrected chi connectivity index (χ1v) is 10.5. The van der Waals surface area contributed by atoms with Crippen LogP contribution in [0, 0.1) is 0 Å². The second kappa shape index (κ2) is 7.33. The molecular weight excluding hydrogens is 415 g/mol. The van der Waals surface area contributed by atoms with E-state index in [1.54, 1.807) is 25.4 Å². The molecule has 9 heteroatoms. The number of alkyl halides is 3. The molecule has 0 amide bonds. The highest BCUT2D eigenvalue weighted by Crippen LogP contribution is 2.32. The lowest BCUT2D eigenvalue weighted by Crippen LogP contribution is -2.14. The van der Waals surface area contributed by atoms with Crippen molar-refractivity contribution in [2.24, 2.45) is 0 Å². The lowest BCUT2D eigenvalue weighted by atomic mass is 10.1. The highest BCUT2D eigenvalue weighted by atomic mass is 32.2. The van der Waals surface area contributed by atoms with Crippen LogP contribution in [0.15, 0.2) is 71.9 Å². The Labute approximate surface area is 171 Å².